The number of rotatable bonds is 2. The number of halogens is 3. The third-order valence-electron chi connectivity index (χ3n) is 2.34. The third kappa shape index (κ3) is 3.36. The zero-order valence-corrected chi connectivity index (χ0v) is 12.3. The maximum atomic E-state index is 12.3. The van der Waals surface area contributed by atoms with Crippen molar-refractivity contribution in [3.63, 3.8) is 0 Å². The van der Waals surface area contributed by atoms with E-state index in [-0.39, 0.29) is 51.4 Å². The van der Waals surface area contributed by atoms with E-state index in [1.165, 1.54) is 12.3 Å². The molecule has 0 unspecified atom stereocenters. The molecular weight excluding hydrogens is 255 g/mol. The molecular formula is C10H7BF3KN2. The SMILES string of the molecule is N#Cc1cccc2c1ccn2C[B-](F)(F)F.[K+]. The van der Waals surface area contributed by atoms with Gasteiger partial charge in [0.1, 0.15) is 0 Å². The smallest absolute Gasteiger partial charge is 0.448 e. The first-order valence-electron chi connectivity index (χ1n) is 4.70. The van der Waals surface area contributed by atoms with Crippen LogP contribution in [0, 0.1) is 11.3 Å². The van der Waals surface area contributed by atoms with E-state index >= 15 is 0 Å². The Kier molecular flexibility index (Phi) is 4.87. The quantitative estimate of drug-likeness (QED) is 0.695. The van der Waals surface area contributed by atoms with Crippen LogP contribution in [0.2, 0.25) is 0 Å². The predicted octanol–water partition coefficient (Wildman–Crippen LogP) is -0.0964. The summed E-state index contributed by atoms with van der Waals surface area (Å²) in [5, 5.41) is 9.36. The first-order valence-corrected chi connectivity index (χ1v) is 4.70. The van der Waals surface area contributed by atoms with Crippen LogP contribution in [0.25, 0.3) is 10.9 Å². The Morgan fingerprint density at radius 3 is 2.53 bits per heavy atom. The van der Waals surface area contributed by atoms with E-state index in [4.69, 9.17) is 5.26 Å². The second kappa shape index (κ2) is 5.59. The average Bonchev–Trinajstić information content (AvgIpc) is 2.59. The fraction of sp³-hybridized carbons (Fsp3) is 0.100. The summed E-state index contributed by atoms with van der Waals surface area (Å²) in [6.45, 7) is -4.87. The van der Waals surface area contributed by atoms with Crippen LogP contribution in [-0.4, -0.2) is 11.5 Å². The van der Waals surface area contributed by atoms with Crippen molar-refractivity contribution in [2.24, 2.45) is 0 Å². The van der Waals surface area contributed by atoms with Crippen LogP contribution in [-0.2, 0) is 6.44 Å². The molecule has 0 aliphatic carbocycles. The van der Waals surface area contributed by atoms with Gasteiger partial charge < -0.3 is 17.5 Å². The molecule has 2 rings (SSSR count). The van der Waals surface area contributed by atoms with Gasteiger partial charge in [0, 0.05) is 17.1 Å². The molecule has 0 aliphatic heterocycles. The first kappa shape index (κ1) is 14.8. The number of fused-ring (bicyclic) bond motifs is 1. The van der Waals surface area contributed by atoms with Crippen LogP contribution >= 0.6 is 0 Å². The van der Waals surface area contributed by atoms with E-state index in [0.29, 0.717) is 16.5 Å². The second-order valence-corrected chi connectivity index (χ2v) is 3.53. The van der Waals surface area contributed by atoms with Crippen molar-refractivity contribution >= 4 is 17.9 Å². The van der Waals surface area contributed by atoms with Crippen LogP contribution in [0.1, 0.15) is 5.56 Å². The van der Waals surface area contributed by atoms with E-state index in [1.54, 1.807) is 18.2 Å². The summed E-state index contributed by atoms with van der Waals surface area (Å²) in [5.41, 5.74) is 0.837. The van der Waals surface area contributed by atoms with Crippen LogP contribution in [0.15, 0.2) is 30.5 Å². The van der Waals surface area contributed by atoms with E-state index in [9.17, 15) is 12.9 Å². The number of hydrogen-bond acceptors (Lipinski definition) is 1. The Labute approximate surface area is 139 Å². The van der Waals surface area contributed by atoms with Gasteiger partial charge in [-0.15, -0.1) is 0 Å². The summed E-state index contributed by atoms with van der Waals surface area (Å²) in [4.78, 5) is 0. The number of nitrogens with zero attached hydrogens (tertiary/aromatic N) is 2. The molecule has 0 aliphatic rings. The summed E-state index contributed by atoms with van der Waals surface area (Å²) in [6.07, 6.45) is 0.388. The van der Waals surface area contributed by atoms with Gasteiger partial charge >= 0.3 is 58.4 Å². The van der Waals surface area contributed by atoms with Crippen molar-refractivity contribution in [3.05, 3.63) is 36.0 Å². The second-order valence-electron chi connectivity index (χ2n) is 3.53. The molecule has 2 nitrogen and oxygen atoms in total. The van der Waals surface area contributed by atoms with Crippen molar-refractivity contribution in [2.45, 2.75) is 6.44 Å². The Morgan fingerprint density at radius 1 is 1.24 bits per heavy atom. The first-order chi connectivity index (χ1) is 7.51. The molecule has 0 fully saturated rings. The van der Waals surface area contributed by atoms with Gasteiger partial charge in [-0.3, -0.25) is 0 Å². The predicted molar refractivity (Wildman–Crippen MR) is 55.7 cm³/mol. The summed E-state index contributed by atoms with van der Waals surface area (Å²) in [7, 11) is 0. The van der Waals surface area contributed by atoms with Crippen molar-refractivity contribution < 1.29 is 64.3 Å². The maximum absolute atomic E-state index is 12.3. The molecule has 0 bridgehead atoms. The monoisotopic (exact) mass is 262 g/mol. The fourth-order valence-electron chi connectivity index (χ4n) is 1.70. The topological polar surface area (TPSA) is 28.7 Å². The molecule has 2 aromatic rings. The molecule has 1 heterocycles. The normalized spacial score (nSPS) is 10.9. The van der Waals surface area contributed by atoms with Gasteiger partial charge in [-0.1, -0.05) is 6.07 Å². The summed E-state index contributed by atoms with van der Waals surface area (Å²) < 4.78 is 38.0. The molecule has 0 saturated heterocycles. The zero-order valence-electron chi connectivity index (χ0n) is 9.20. The van der Waals surface area contributed by atoms with E-state index in [1.807, 2.05) is 6.07 Å². The molecule has 0 N–H and O–H groups in total. The molecule has 0 amide bonds. The molecule has 7 heteroatoms. The minimum absolute atomic E-state index is 0. The van der Waals surface area contributed by atoms with Gasteiger partial charge in [0.05, 0.1) is 11.6 Å². The number of hydrogen-bond donors (Lipinski definition) is 0. The fourth-order valence-corrected chi connectivity index (χ4v) is 1.70. The molecule has 0 spiro atoms. The summed E-state index contributed by atoms with van der Waals surface area (Å²) >= 11 is 0. The number of nitriles is 1. The third-order valence-corrected chi connectivity index (χ3v) is 2.34. The molecule has 0 atom stereocenters. The van der Waals surface area contributed by atoms with E-state index in [0.717, 1.165) is 4.57 Å². The minimum atomic E-state index is -4.87. The standard InChI is InChI=1S/C10H7BF3N2.K/c12-11(13,14)7-16-5-4-9-8(6-15)2-1-3-10(9)16;/h1-5H,7H2;/q-1;+1. The van der Waals surface area contributed by atoms with Gasteiger partial charge in [-0.05, 0) is 24.6 Å². The number of aromatic nitrogens is 1. The maximum Gasteiger partial charge on any atom is 1.00 e. The largest absolute Gasteiger partial charge is 1.00 e. The van der Waals surface area contributed by atoms with Gasteiger partial charge in [-0.2, -0.15) is 5.26 Å². The van der Waals surface area contributed by atoms with Crippen LogP contribution in [0.5, 0.6) is 0 Å². The summed E-state index contributed by atoms with van der Waals surface area (Å²) in [5.74, 6) is 0. The Hall–Kier alpha value is -0.259. The molecule has 1 aromatic carbocycles. The van der Waals surface area contributed by atoms with Crippen LogP contribution in [0.3, 0.4) is 0 Å². The van der Waals surface area contributed by atoms with Gasteiger partial charge in [0.15, 0.2) is 0 Å². The van der Waals surface area contributed by atoms with Crippen molar-refractivity contribution in [1.29, 1.82) is 5.26 Å². The van der Waals surface area contributed by atoms with Gasteiger partial charge in [0.2, 0.25) is 0 Å². The Morgan fingerprint density at radius 2 is 1.94 bits per heavy atom. The summed E-state index contributed by atoms with van der Waals surface area (Å²) in [6, 6.07) is 8.25. The van der Waals surface area contributed by atoms with Crippen LogP contribution in [0.4, 0.5) is 12.9 Å². The average molecular weight is 262 g/mol. The minimum Gasteiger partial charge on any atom is -0.448 e. The van der Waals surface area contributed by atoms with Gasteiger partial charge in [-0.25, -0.2) is 0 Å². The van der Waals surface area contributed by atoms with Crippen LogP contribution < -0.4 is 51.4 Å². The van der Waals surface area contributed by atoms with Gasteiger partial charge in [0.25, 0.3) is 0 Å². The number of benzene rings is 1. The van der Waals surface area contributed by atoms with E-state index in [2.05, 4.69) is 0 Å². The Balaban J connectivity index is 0.00000144. The molecule has 82 valence electrons. The van der Waals surface area contributed by atoms with Crippen molar-refractivity contribution in [3.8, 4) is 6.07 Å². The zero-order chi connectivity index (χ0) is 11.8. The van der Waals surface area contributed by atoms with Crippen molar-refractivity contribution in [2.75, 3.05) is 0 Å². The molecule has 17 heavy (non-hydrogen) atoms. The molecule has 0 saturated carbocycles. The molecule has 0 radical (unpaired) electrons. The molecule has 1 aromatic heterocycles. The van der Waals surface area contributed by atoms with E-state index < -0.39 is 13.4 Å². The van der Waals surface area contributed by atoms with Crippen molar-refractivity contribution in [1.82, 2.24) is 4.57 Å². The Bertz CT molecular complexity index is 571.